The van der Waals surface area contributed by atoms with Crippen LogP contribution >= 0.6 is 23.2 Å². The number of para-hydroxylation sites is 1. The Morgan fingerprint density at radius 1 is 1.08 bits per heavy atom. The molecule has 0 saturated heterocycles. The third kappa shape index (κ3) is 2.29. The Balaban J connectivity index is 3.18. The van der Waals surface area contributed by atoms with Crippen LogP contribution in [0.5, 0.6) is 5.75 Å². The fraction of sp³-hybridized carbons (Fsp3) is 0.400. The first kappa shape index (κ1) is 10.7. The Morgan fingerprint density at radius 3 is 1.77 bits per heavy atom. The highest BCUT2D eigenvalue weighted by molar-refractivity contribution is 6.21. The summed E-state index contributed by atoms with van der Waals surface area (Å²) in [5, 5.41) is 9.36. The SMILES string of the molecule is CC(Cl)c1cccc(C(C)Cl)c1O. The largest absolute Gasteiger partial charge is 0.507 e. The van der Waals surface area contributed by atoms with Gasteiger partial charge in [0.05, 0.1) is 10.8 Å². The van der Waals surface area contributed by atoms with Crippen molar-refractivity contribution in [1.82, 2.24) is 0 Å². The summed E-state index contributed by atoms with van der Waals surface area (Å²) in [7, 11) is 0. The highest BCUT2D eigenvalue weighted by atomic mass is 35.5. The molecule has 0 spiro atoms. The molecular weight excluding hydrogens is 207 g/mol. The standard InChI is InChI=1S/C10H12Cl2O/c1-6(11)8-4-3-5-9(7(2)12)10(8)13/h3-7,13H,1-2H3. The highest BCUT2D eigenvalue weighted by Crippen LogP contribution is 2.36. The molecule has 1 aromatic carbocycles. The first-order valence-electron chi connectivity index (χ1n) is 4.14. The first-order valence-corrected chi connectivity index (χ1v) is 5.01. The second-order valence-electron chi connectivity index (χ2n) is 3.02. The second-order valence-corrected chi connectivity index (χ2v) is 4.33. The zero-order chi connectivity index (χ0) is 10.0. The lowest BCUT2D eigenvalue weighted by Crippen LogP contribution is -1.91. The van der Waals surface area contributed by atoms with E-state index in [0.29, 0.717) is 0 Å². The van der Waals surface area contributed by atoms with Crippen LogP contribution in [0.2, 0.25) is 0 Å². The second kappa shape index (κ2) is 4.21. The van der Waals surface area contributed by atoms with Crippen LogP contribution in [-0.4, -0.2) is 5.11 Å². The molecule has 1 aromatic rings. The summed E-state index contributed by atoms with van der Waals surface area (Å²) in [5.74, 6) is 0.215. The minimum atomic E-state index is -0.199. The van der Waals surface area contributed by atoms with Gasteiger partial charge in [0.2, 0.25) is 0 Å². The summed E-state index contributed by atoms with van der Waals surface area (Å²) in [6.45, 7) is 3.64. The lowest BCUT2D eigenvalue weighted by molar-refractivity contribution is 0.461. The first-order chi connectivity index (χ1) is 6.04. The number of halogens is 2. The summed E-state index contributed by atoms with van der Waals surface area (Å²) in [5.41, 5.74) is 1.46. The van der Waals surface area contributed by atoms with Gasteiger partial charge in [-0.25, -0.2) is 0 Å². The lowest BCUT2D eigenvalue weighted by Gasteiger charge is -2.12. The molecule has 13 heavy (non-hydrogen) atoms. The maximum Gasteiger partial charge on any atom is 0.124 e. The summed E-state index contributed by atoms with van der Waals surface area (Å²) in [6.07, 6.45) is 0. The number of hydrogen-bond acceptors (Lipinski definition) is 1. The topological polar surface area (TPSA) is 20.2 Å². The summed E-state index contributed by atoms with van der Waals surface area (Å²) in [6, 6.07) is 5.45. The molecule has 0 aliphatic carbocycles. The number of rotatable bonds is 2. The van der Waals surface area contributed by atoms with Gasteiger partial charge in [-0.05, 0) is 13.8 Å². The van der Waals surface area contributed by atoms with E-state index in [4.69, 9.17) is 23.2 Å². The van der Waals surface area contributed by atoms with Crippen molar-refractivity contribution in [2.75, 3.05) is 0 Å². The summed E-state index contributed by atoms with van der Waals surface area (Å²) >= 11 is 11.8. The Hall–Kier alpha value is -0.400. The van der Waals surface area contributed by atoms with E-state index in [0.717, 1.165) is 11.1 Å². The fourth-order valence-electron chi connectivity index (χ4n) is 1.22. The van der Waals surface area contributed by atoms with Crippen molar-refractivity contribution in [1.29, 1.82) is 0 Å². The smallest absolute Gasteiger partial charge is 0.124 e. The van der Waals surface area contributed by atoms with Crippen molar-refractivity contribution >= 4 is 23.2 Å². The number of phenols is 1. The third-order valence-electron chi connectivity index (χ3n) is 1.96. The monoisotopic (exact) mass is 218 g/mol. The van der Waals surface area contributed by atoms with Crippen LogP contribution in [0.4, 0.5) is 0 Å². The number of hydrogen-bond donors (Lipinski definition) is 1. The van der Waals surface area contributed by atoms with E-state index in [-0.39, 0.29) is 16.5 Å². The highest BCUT2D eigenvalue weighted by Gasteiger charge is 2.13. The van der Waals surface area contributed by atoms with Gasteiger partial charge in [0.25, 0.3) is 0 Å². The Bertz CT molecular complexity index is 269. The average Bonchev–Trinajstić information content (AvgIpc) is 2.03. The van der Waals surface area contributed by atoms with E-state index < -0.39 is 0 Å². The van der Waals surface area contributed by atoms with Crippen molar-refractivity contribution in [3.63, 3.8) is 0 Å². The van der Waals surface area contributed by atoms with Gasteiger partial charge < -0.3 is 5.11 Å². The molecule has 3 heteroatoms. The van der Waals surface area contributed by atoms with Crippen molar-refractivity contribution in [2.24, 2.45) is 0 Å². The van der Waals surface area contributed by atoms with E-state index in [1.165, 1.54) is 0 Å². The predicted octanol–water partition coefficient (Wildman–Crippen LogP) is 3.99. The van der Waals surface area contributed by atoms with Crippen molar-refractivity contribution in [2.45, 2.75) is 24.6 Å². The molecule has 0 aliphatic heterocycles. The molecule has 2 atom stereocenters. The zero-order valence-corrected chi connectivity index (χ0v) is 9.10. The molecule has 0 heterocycles. The minimum Gasteiger partial charge on any atom is -0.507 e. The normalized spacial score (nSPS) is 15.4. The van der Waals surface area contributed by atoms with Gasteiger partial charge in [-0.1, -0.05) is 18.2 Å². The van der Waals surface area contributed by atoms with Gasteiger partial charge in [0.15, 0.2) is 0 Å². The van der Waals surface area contributed by atoms with E-state index in [2.05, 4.69) is 0 Å². The van der Waals surface area contributed by atoms with Crippen LogP contribution < -0.4 is 0 Å². The maximum absolute atomic E-state index is 9.76. The molecule has 1 nitrogen and oxygen atoms in total. The van der Waals surface area contributed by atoms with E-state index in [9.17, 15) is 5.11 Å². The van der Waals surface area contributed by atoms with Crippen LogP contribution in [0, 0.1) is 0 Å². The molecule has 0 radical (unpaired) electrons. The fourth-order valence-corrected chi connectivity index (χ4v) is 1.57. The molecule has 0 saturated carbocycles. The maximum atomic E-state index is 9.76. The van der Waals surface area contributed by atoms with Crippen LogP contribution in [0.25, 0.3) is 0 Å². The molecule has 1 rings (SSSR count). The molecule has 1 N–H and O–H groups in total. The Morgan fingerprint density at radius 2 is 1.46 bits per heavy atom. The predicted molar refractivity (Wildman–Crippen MR) is 56.6 cm³/mol. The quantitative estimate of drug-likeness (QED) is 0.745. The minimum absolute atomic E-state index is 0.199. The van der Waals surface area contributed by atoms with Crippen LogP contribution in [0.15, 0.2) is 18.2 Å². The van der Waals surface area contributed by atoms with Gasteiger partial charge in [0, 0.05) is 11.1 Å². The van der Waals surface area contributed by atoms with Crippen molar-refractivity contribution < 1.29 is 5.11 Å². The van der Waals surface area contributed by atoms with Gasteiger partial charge in [-0.15, -0.1) is 23.2 Å². The van der Waals surface area contributed by atoms with Crippen LogP contribution in [0.3, 0.4) is 0 Å². The van der Waals surface area contributed by atoms with E-state index in [1.807, 2.05) is 19.9 Å². The number of phenolic OH excluding ortho intramolecular Hbond substituents is 1. The van der Waals surface area contributed by atoms with Gasteiger partial charge in [-0.3, -0.25) is 0 Å². The molecule has 0 fully saturated rings. The molecule has 2 unspecified atom stereocenters. The molecule has 0 aromatic heterocycles. The van der Waals surface area contributed by atoms with Gasteiger partial charge in [-0.2, -0.15) is 0 Å². The van der Waals surface area contributed by atoms with E-state index in [1.54, 1.807) is 12.1 Å². The van der Waals surface area contributed by atoms with Crippen LogP contribution in [0.1, 0.15) is 35.7 Å². The number of alkyl halides is 2. The molecule has 0 aliphatic rings. The molecule has 0 bridgehead atoms. The third-order valence-corrected chi connectivity index (χ3v) is 2.43. The van der Waals surface area contributed by atoms with Crippen LogP contribution in [-0.2, 0) is 0 Å². The zero-order valence-electron chi connectivity index (χ0n) is 7.59. The Labute approximate surface area is 88.3 Å². The summed E-state index contributed by atoms with van der Waals surface area (Å²) in [4.78, 5) is 0. The van der Waals surface area contributed by atoms with Gasteiger partial charge >= 0.3 is 0 Å². The lowest BCUT2D eigenvalue weighted by atomic mass is 10.0. The Kier molecular flexibility index (Phi) is 3.46. The average molecular weight is 219 g/mol. The molecule has 72 valence electrons. The van der Waals surface area contributed by atoms with Crippen molar-refractivity contribution in [3.05, 3.63) is 29.3 Å². The molecular formula is C10H12Cl2O. The van der Waals surface area contributed by atoms with E-state index >= 15 is 0 Å². The number of aromatic hydroxyl groups is 1. The van der Waals surface area contributed by atoms with Gasteiger partial charge in [0.1, 0.15) is 5.75 Å². The number of benzene rings is 1. The molecule has 0 amide bonds. The summed E-state index contributed by atoms with van der Waals surface area (Å²) < 4.78 is 0. The van der Waals surface area contributed by atoms with Crippen molar-refractivity contribution in [3.8, 4) is 5.75 Å².